The molecule has 0 N–H and O–H groups in total. The molecule has 0 amide bonds. The molecular formula is C13H9BrF2. The van der Waals surface area contributed by atoms with Crippen molar-refractivity contribution >= 4 is 15.9 Å². The van der Waals surface area contributed by atoms with Crippen molar-refractivity contribution in [1.29, 1.82) is 0 Å². The predicted octanol–water partition coefficient (Wildman–Crippen LogP) is 4.70. The third-order valence-electron chi connectivity index (χ3n) is 2.45. The van der Waals surface area contributed by atoms with E-state index in [1.54, 1.807) is 0 Å². The molecule has 0 aliphatic rings. The highest BCUT2D eigenvalue weighted by atomic mass is 79.9. The SMILES string of the molecule is Cc1ccccc1-c1cc(F)c(F)cc1Br. The molecule has 0 aliphatic heterocycles. The van der Waals surface area contributed by atoms with Gasteiger partial charge in [-0.3, -0.25) is 0 Å². The third-order valence-corrected chi connectivity index (χ3v) is 3.10. The Hall–Kier alpha value is -1.22. The Morgan fingerprint density at radius 1 is 0.938 bits per heavy atom. The first-order chi connectivity index (χ1) is 7.59. The highest BCUT2D eigenvalue weighted by Crippen LogP contribution is 2.32. The Balaban J connectivity index is 2.65. The molecule has 0 spiro atoms. The van der Waals surface area contributed by atoms with E-state index in [1.165, 1.54) is 6.07 Å². The molecule has 2 rings (SSSR count). The zero-order chi connectivity index (χ0) is 11.7. The van der Waals surface area contributed by atoms with Crippen LogP contribution in [-0.2, 0) is 0 Å². The van der Waals surface area contributed by atoms with Gasteiger partial charge in [-0.15, -0.1) is 0 Å². The first-order valence-corrected chi connectivity index (χ1v) is 5.59. The Bertz CT molecular complexity index is 535. The smallest absolute Gasteiger partial charge is 0.159 e. The summed E-state index contributed by atoms with van der Waals surface area (Å²) in [5, 5.41) is 0. The number of halogens is 3. The van der Waals surface area contributed by atoms with Crippen molar-refractivity contribution in [3.05, 3.63) is 58.1 Å². The van der Waals surface area contributed by atoms with Crippen LogP contribution in [0.15, 0.2) is 40.9 Å². The molecule has 0 fully saturated rings. The van der Waals surface area contributed by atoms with Crippen molar-refractivity contribution < 1.29 is 8.78 Å². The molecule has 0 unspecified atom stereocenters. The average molecular weight is 283 g/mol. The minimum atomic E-state index is -0.843. The van der Waals surface area contributed by atoms with Crippen LogP contribution in [0.3, 0.4) is 0 Å². The maximum atomic E-state index is 13.2. The zero-order valence-electron chi connectivity index (χ0n) is 8.60. The molecule has 3 heteroatoms. The monoisotopic (exact) mass is 282 g/mol. The molecule has 0 aromatic heterocycles. The summed E-state index contributed by atoms with van der Waals surface area (Å²) in [6, 6.07) is 9.96. The van der Waals surface area contributed by atoms with Gasteiger partial charge >= 0.3 is 0 Å². The second-order valence-corrected chi connectivity index (χ2v) is 4.42. The fourth-order valence-corrected chi connectivity index (χ4v) is 2.13. The lowest BCUT2D eigenvalue weighted by atomic mass is 10.0. The minimum Gasteiger partial charge on any atom is -0.204 e. The minimum absolute atomic E-state index is 0.556. The Morgan fingerprint density at radius 2 is 1.56 bits per heavy atom. The van der Waals surface area contributed by atoms with E-state index in [9.17, 15) is 8.78 Å². The van der Waals surface area contributed by atoms with Gasteiger partial charge in [0.05, 0.1) is 0 Å². The van der Waals surface area contributed by atoms with Crippen LogP contribution in [0.1, 0.15) is 5.56 Å². The van der Waals surface area contributed by atoms with Crippen molar-refractivity contribution in [3.63, 3.8) is 0 Å². The first-order valence-electron chi connectivity index (χ1n) is 4.80. The topological polar surface area (TPSA) is 0 Å². The van der Waals surface area contributed by atoms with Crippen molar-refractivity contribution in [2.45, 2.75) is 6.92 Å². The van der Waals surface area contributed by atoms with E-state index in [-0.39, 0.29) is 0 Å². The second kappa shape index (κ2) is 4.34. The quantitative estimate of drug-likeness (QED) is 0.665. The van der Waals surface area contributed by atoms with Gasteiger partial charge in [0.25, 0.3) is 0 Å². The second-order valence-electron chi connectivity index (χ2n) is 3.56. The zero-order valence-corrected chi connectivity index (χ0v) is 10.2. The van der Waals surface area contributed by atoms with Gasteiger partial charge in [-0.2, -0.15) is 0 Å². The molecule has 0 aliphatic carbocycles. The summed E-state index contributed by atoms with van der Waals surface area (Å²) in [6.07, 6.45) is 0. The molecular weight excluding hydrogens is 274 g/mol. The number of hydrogen-bond donors (Lipinski definition) is 0. The highest BCUT2D eigenvalue weighted by molar-refractivity contribution is 9.10. The molecule has 0 radical (unpaired) electrons. The van der Waals surface area contributed by atoms with Crippen molar-refractivity contribution in [1.82, 2.24) is 0 Å². The van der Waals surface area contributed by atoms with Crippen molar-refractivity contribution in [2.24, 2.45) is 0 Å². The summed E-state index contributed by atoms with van der Waals surface area (Å²) < 4.78 is 26.7. The normalized spacial score (nSPS) is 10.5. The van der Waals surface area contributed by atoms with Crippen LogP contribution >= 0.6 is 15.9 Å². The molecule has 0 bridgehead atoms. The molecule has 16 heavy (non-hydrogen) atoms. The third kappa shape index (κ3) is 2.00. The van der Waals surface area contributed by atoms with E-state index in [2.05, 4.69) is 15.9 Å². The highest BCUT2D eigenvalue weighted by Gasteiger charge is 2.10. The van der Waals surface area contributed by atoms with E-state index >= 15 is 0 Å². The van der Waals surface area contributed by atoms with Crippen LogP contribution in [-0.4, -0.2) is 0 Å². The Labute approximate surface area is 101 Å². The summed E-state index contributed by atoms with van der Waals surface area (Å²) in [5.74, 6) is -1.68. The molecule has 0 nitrogen and oxygen atoms in total. The van der Waals surface area contributed by atoms with Crippen LogP contribution in [0, 0.1) is 18.6 Å². The molecule has 82 valence electrons. The molecule has 0 heterocycles. The summed E-state index contributed by atoms with van der Waals surface area (Å²) in [6.45, 7) is 1.93. The van der Waals surface area contributed by atoms with Gasteiger partial charge in [-0.1, -0.05) is 40.2 Å². The lowest BCUT2D eigenvalue weighted by molar-refractivity contribution is 0.508. The van der Waals surface area contributed by atoms with Crippen molar-refractivity contribution in [2.75, 3.05) is 0 Å². The Kier molecular flexibility index (Phi) is 3.06. The van der Waals surface area contributed by atoms with Gasteiger partial charge in [0.2, 0.25) is 0 Å². The number of aryl methyl sites for hydroxylation is 1. The average Bonchev–Trinajstić information content (AvgIpc) is 2.25. The maximum absolute atomic E-state index is 13.2. The van der Waals surface area contributed by atoms with Gasteiger partial charge in [-0.25, -0.2) is 8.78 Å². The summed E-state index contributed by atoms with van der Waals surface area (Å²) in [7, 11) is 0. The van der Waals surface area contributed by atoms with Gasteiger partial charge < -0.3 is 0 Å². The van der Waals surface area contributed by atoms with E-state index in [4.69, 9.17) is 0 Å². The summed E-state index contributed by atoms with van der Waals surface area (Å²) in [4.78, 5) is 0. The molecule has 0 saturated carbocycles. The van der Waals surface area contributed by atoms with E-state index in [1.807, 2.05) is 31.2 Å². The Morgan fingerprint density at radius 3 is 2.25 bits per heavy atom. The molecule has 2 aromatic carbocycles. The van der Waals surface area contributed by atoms with Crippen LogP contribution in [0.25, 0.3) is 11.1 Å². The van der Waals surface area contributed by atoms with E-state index in [0.717, 1.165) is 17.2 Å². The maximum Gasteiger partial charge on any atom is 0.159 e. The van der Waals surface area contributed by atoms with Gasteiger partial charge in [0, 0.05) is 4.47 Å². The van der Waals surface area contributed by atoms with Gasteiger partial charge in [-0.05, 0) is 35.7 Å². The summed E-state index contributed by atoms with van der Waals surface area (Å²) in [5.41, 5.74) is 2.58. The fraction of sp³-hybridized carbons (Fsp3) is 0.0769. The number of rotatable bonds is 1. The fourth-order valence-electron chi connectivity index (χ4n) is 1.60. The van der Waals surface area contributed by atoms with Gasteiger partial charge in [0.15, 0.2) is 11.6 Å². The van der Waals surface area contributed by atoms with Crippen molar-refractivity contribution in [3.8, 4) is 11.1 Å². The number of benzene rings is 2. The lowest BCUT2D eigenvalue weighted by Crippen LogP contribution is -1.89. The molecule has 0 atom stereocenters. The van der Waals surface area contributed by atoms with Crippen LogP contribution in [0.4, 0.5) is 8.78 Å². The van der Waals surface area contributed by atoms with Crippen LogP contribution in [0.2, 0.25) is 0 Å². The van der Waals surface area contributed by atoms with E-state index in [0.29, 0.717) is 10.0 Å². The lowest BCUT2D eigenvalue weighted by Gasteiger charge is -2.08. The largest absolute Gasteiger partial charge is 0.204 e. The van der Waals surface area contributed by atoms with Gasteiger partial charge in [0.1, 0.15) is 0 Å². The van der Waals surface area contributed by atoms with Crippen LogP contribution < -0.4 is 0 Å². The first kappa shape index (κ1) is 11.3. The molecule has 2 aromatic rings. The summed E-state index contributed by atoms with van der Waals surface area (Å²) >= 11 is 3.25. The van der Waals surface area contributed by atoms with Crippen LogP contribution in [0.5, 0.6) is 0 Å². The predicted molar refractivity (Wildman–Crippen MR) is 64.2 cm³/mol. The van der Waals surface area contributed by atoms with E-state index < -0.39 is 11.6 Å². The standard InChI is InChI=1S/C13H9BrF2/c1-8-4-2-3-5-9(8)10-6-12(15)13(16)7-11(10)14/h2-7H,1H3. The molecule has 0 saturated heterocycles. The number of hydrogen-bond acceptors (Lipinski definition) is 0.